The number of hydrogen-bond acceptors (Lipinski definition) is 3. The predicted molar refractivity (Wildman–Crippen MR) is 72.1 cm³/mol. The van der Waals surface area contributed by atoms with Crippen molar-refractivity contribution in [2.45, 2.75) is 0 Å². The van der Waals surface area contributed by atoms with E-state index < -0.39 is 23.5 Å². The third-order valence-corrected chi connectivity index (χ3v) is 2.76. The minimum Gasteiger partial charge on any atom is -0.478 e. The van der Waals surface area contributed by atoms with E-state index in [0.717, 1.165) is 24.3 Å². The topological polar surface area (TPSA) is 92.4 Å². The third-order valence-electron chi connectivity index (χ3n) is 2.76. The van der Waals surface area contributed by atoms with Crippen LogP contribution in [0.3, 0.4) is 0 Å². The number of aromatic carboxylic acids is 1. The molecule has 0 aromatic heterocycles. The van der Waals surface area contributed by atoms with Crippen LogP contribution in [0, 0.1) is 11.6 Å². The molecule has 108 valence electrons. The van der Waals surface area contributed by atoms with Gasteiger partial charge in [0.05, 0.1) is 22.5 Å². The Hall–Kier alpha value is -2.96. The van der Waals surface area contributed by atoms with Crippen molar-refractivity contribution in [1.82, 2.24) is 0 Å². The lowest BCUT2D eigenvalue weighted by atomic mass is 10.1. The average molecular weight is 292 g/mol. The van der Waals surface area contributed by atoms with Crippen LogP contribution in [-0.4, -0.2) is 17.0 Å². The lowest BCUT2D eigenvalue weighted by Gasteiger charge is -2.09. The number of carboxylic acids is 1. The summed E-state index contributed by atoms with van der Waals surface area (Å²) in [7, 11) is 0. The second kappa shape index (κ2) is 5.58. The Morgan fingerprint density at radius 3 is 2.48 bits per heavy atom. The maximum atomic E-state index is 13.6. The lowest BCUT2D eigenvalue weighted by molar-refractivity contribution is 0.0696. The number of amides is 1. The maximum Gasteiger partial charge on any atom is 0.335 e. The van der Waals surface area contributed by atoms with Gasteiger partial charge in [0.15, 0.2) is 0 Å². The molecule has 0 spiro atoms. The molecule has 0 radical (unpaired) electrons. The van der Waals surface area contributed by atoms with Crippen molar-refractivity contribution in [1.29, 1.82) is 0 Å². The van der Waals surface area contributed by atoms with Crippen LogP contribution in [0.15, 0.2) is 36.4 Å². The number of hydrogen-bond donors (Lipinski definition) is 3. The van der Waals surface area contributed by atoms with Crippen molar-refractivity contribution >= 4 is 23.3 Å². The molecule has 7 heteroatoms. The Kier molecular flexibility index (Phi) is 3.84. The van der Waals surface area contributed by atoms with E-state index in [1.807, 2.05) is 0 Å². The fourth-order valence-corrected chi connectivity index (χ4v) is 1.68. The molecule has 0 bridgehead atoms. The number of carbonyl (C=O) groups excluding carboxylic acids is 1. The van der Waals surface area contributed by atoms with Gasteiger partial charge in [0.2, 0.25) is 0 Å². The highest BCUT2D eigenvalue weighted by Crippen LogP contribution is 2.20. The Morgan fingerprint density at radius 2 is 1.81 bits per heavy atom. The Balaban J connectivity index is 2.33. The molecule has 2 rings (SSSR count). The first-order valence-electron chi connectivity index (χ1n) is 5.78. The van der Waals surface area contributed by atoms with Crippen LogP contribution >= 0.6 is 0 Å². The largest absolute Gasteiger partial charge is 0.478 e. The molecule has 0 saturated heterocycles. The van der Waals surface area contributed by atoms with Gasteiger partial charge in [-0.15, -0.1) is 0 Å². The van der Waals surface area contributed by atoms with E-state index in [0.29, 0.717) is 0 Å². The molecule has 0 aliphatic rings. The quantitative estimate of drug-likeness (QED) is 0.758. The molecule has 0 saturated carbocycles. The van der Waals surface area contributed by atoms with Gasteiger partial charge in [-0.05, 0) is 30.3 Å². The molecular weight excluding hydrogens is 282 g/mol. The third kappa shape index (κ3) is 2.97. The fraction of sp³-hybridized carbons (Fsp3) is 0. The molecule has 0 aliphatic carbocycles. The molecule has 0 fully saturated rings. The normalized spacial score (nSPS) is 10.2. The number of anilines is 2. The molecule has 0 heterocycles. The number of nitrogen functional groups attached to an aromatic ring is 1. The summed E-state index contributed by atoms with van der Waals surface area (Å²) >= 11 is 0. The van der Waals surface area contributed by atoms with Gasteiger partial charge in [-0.25, -0.2) is 13.6 Å². The summed E-state index contributed by atoms with van der Waals surface area (Å²) in [5.41, 5.74) is 4.36. The molecule has 1 amide bonds. The van der Waals surface area contributed by atoms with Crippen molar-refractivity contribution in [3.63, 3.8) is 0 Å². The van der Waals surface area contributed by atoms with Crippen molar-refractivity contribution in [2.75, 3.05) is 11.1 Å². The van der Waals surface area contributed by atoms with Crippen molar-refractivity contribution in [3.05, 3.63) is 59.2 Å². The number of para-hydroxylation sites is 1. The lowest BCUT2D eigenvalue weighted by Crippen LogP contribution is -2.16. The minimum atomic E-state index is -1.27. The number of rotatable bonds is 3. The number of carboxylic acid groups (broad SMARTS) is 1. The molecular formula is C14H10F2N2O3. The molecule has 0 aliphatic heterocycles. The van der Waals surface area contributed by atoms with E-state index in [1.54, 1.807) is 0 Å². The monoisotopic (exact) mass is 292 g/mol. The highest BCUT2D eigenvalue weighted by molar-refractivity contribution is 6.08. The average Bonchev–Trinajstić information content (AvgIpc) is 2.43. The van der Waals surface area contributed by atoms with Crippen molar-refractivity contribution in [3.8, 4) is 0 Å². The van der Waals surface area contributed by atoms with Crippen LogP contribution in [0.5, 0.6) is 0 Å². The van der Waals surface area contributed by atoms with Gasteiger partial charge < -0.3 is 16.2 Å². The Morgan fingerprint density at radius 1 is 1.10 bits per heavy atom. The summed E-state index contributed by atoms with van der Waals surface area (Å²) in [6.45, 7) is 0. The molecule has 2 aromatic carbocycles. The van der Waals surface area contributed by atoms with Gasteiger partial charge in [-0.2, -0.15) is 0 Å². The zero-order valence-corrected chi connectivity index (χ0v) is 10.6. The zero-order valence-electron chi connectivity index (χ0n) is 10.6. The summed E-state index contributed by atoms with van der Waals surface area (Å²) in [5, 5.41) is 11.0. The van der Waals surface area contributed by atoms with Crippen LogP contribution in [-0.2, 0) is 0 Å². The van der Waals surface area contributed by atoms with Gasteiger partial charge in [0.1, 0.15) is 11.6 Å². The van der Waals surface area contributed by atoms with Crippen LogP contribution < -0.4 is 11.1 Å². The molecule has 0 atom stereocenters. The summed E-state index contributed by atoms with van der Waals surface area (Å²) in [5.74, 6) is -3.70. The standard InChI is InChI=1S/C14H10F2N2O3/c15-9-5-4-7(14(20)21)6-11(9)18-13(19)8-2-1-3-10(16)12(8)17/h1-6H,17H2,(H,18,19)(H,20,21). The van der Waals surface area contributed by atoms with E-state index in [1.165, 1.54) is 12.1 Å². The van der Waals surface area contributed by atoms with Crippen molar-refractivity contribution < 1.29 is 23.5 Å². The first-order chi connectivity index (χ1) is 9.90. The van der Waals surface area contributed by atoms with Crippen LogP contribution in [0.25, 0.3) is 0 Å². The molecule has 0 unspecified atom stereocenters. The predicted octanol–water partition coefficient (Wildman–Crippen LogP) is 2.50. The first-order valence-corrected chi connectivity index (χ1v) is 5.78. The second-order valence-corrected chi connectivity index (χ2v) is 4.15. The maximum absolute atomic E-state index is 13.6. The number of nitrogens with one attached hydrogen (secondary N) is 1. The van der Waals surface area contributed by atoms with Gasteiger partial charge in [0.25, 0.3) is 5.91 Å². The van der Waals surface area contributed by atoms with Gasteiger partial charge >= 0.3 is 5.97 Å². The summed E-state index contributed by atoms with van der Waals surface area (Å²) < 4.78 is 26.8. The number of benzene rings is 2. The SMILES string of the molecule is Nc1c(F)cccc1C(=O)Nc1cc(C(=O)O)ccc1F. The van der Waals surface area contributed by atoms with Gasteiger partial charge in [-0.1, -0.05) is 6.07 Å². The number of nitrogens with two attached hydrogens (primary N) is 1. The van der Waals surface area contributed by atoms with Crippen LogP contribution in [0.2, 0.25) is 0 Å². The Bertz CT molecular complexity index is 732. The number of halogens is 2. The first kappa shape index (κ1) is 14.4. The minimum absolute atomic E-state index is 0.171. The van der Waals surface area contributed by atoms with Gasteiger partial charge in [-0.3, -0.25) is 4.79 Å². The van der Waals surface area contributed by atoms with Crippen LogP contribution in [0.1, 0.15) is 20.7 Å². The van der Waals surface area contributed by atoms with Gasteiger partial charge in [0, 0.05) is 0 Å². The molecule has 5 nitrogen and oxygen atoms in total. The highest BCUT2D eigenvalue weighted by atomic mass is 19.1. The van der Waals surface area contributed by atoms with Crippen molar-refractivity contribution in [2.24, 2.45) is 0 Å². The van der Waals surface area contributed by atoms with E-state index in [9.17, 15) is 18.4 Å². The summed E-state index contributed by atoms with van der Waals surface area (Å²) in [6.07, 6.45) is 0. The molecule has 21 heavy (non-hydrogen) atoms. The van der Waals surface area contributed by atoms with E-state index in [-0.39, 0.29) is 22.5 Å². The van der Waals surface area contributed by atoms with E-state index in [4.69, 9.17) is 10.8 Å². The van der Waals surface area contributed by atoms with Crippen LogP contribution in [0.4, 0.5) is 20.2 Å². The smallest absolute Gasteiger partial charge is 0.335 e. The zero-order chi connectivity index (χ0) is 15.6. The molecule has 4 N–H and O–H groups in total. The molecule has 2 aromatic rings. The van der Waals surface area contributed by atoms with E-state index >= 15 is 0 Å². The highest BCUT2D eigenvalue weighted by Gasteiger charge is 2.15. The Labute approximate surface area is 118 Å². The fourth-order valence-electron chi connectivity index (χ4n) is 1.68. The summed E-state index contributed by atoms with van der Waals surface area (Å²) in [6, 6.07) is 6.57. The van der Waals surface area contributed by atoms with E-state index in [2.05, 4.69) is 5.32 Å². The summed E-state index contributed by atoms with van der Waals surface area (Å²) in [4.78, 5) is 22.8. The second-order valence-electron chi connectivity index (χ2n) is 4.15. The number of carbonyl (C=O) groups is 2.